The molecule has 0 atom stereocenters. The van der Waals surface area contributed by atoms with Crippen molar-refractivity contribution < 1.29 is 8.42 Å². The van der Waals surface area contributed by atoms with Crippen LogP contribution in [0.2, 0.25) is 5.02 Å². The molecule has 0 amide bonds. The van der Waals surface area contributed by atoms with Crippen molar-refractivity contribution in [2.24, 2.45) is 0 Å². The lowest BCUT2D eigenvalue weighted by Crippen LogP contribution is -2.43. The molecule has 1 aromatic carbocycles. The molecule has 2 rings (SSSR count). The number of sulfonamides is 1. The molecule has 0 bridgehead atoms. The summed E-state index contributed by atoms with van der Waals surface area (Å²) in [6.45, 7) is 3.85. The van der Waals surface area contributed by atoms with E-state index >= 15 is 0 Å². The van der Waals surface area contributed by atoms with Crippen LogP contribution in [-0.4, -0.2) is 24.8 Å². The fraction of sp³-hybridized carbons (Fsp3) is 0.571. The molecule has 3 nitrogen and oxygen atoms in total. The van der Waals surface area contributed by atoms with Gasteiger partial charge in [0.25, 0.3) is 0 Å². The van der Waals surface area contributed by atoms with E-state index in [1.807, 2.05) is 13.8 Å². The smallest absolute Gasteiger partial charge is 0.207 e. The first-order valence-corrected chi connectivity index (χ1v) is 8.54. The highest BCUT2D eigenvalue weighted by atomic mass is 35.5. The standard InChI is InChI=1S/C14H20ClNO2S/c1-11(2)16(12-7-3-4-8-12)19(17,18)14-10-6-5-9-13(14)15/h5-6,9-12H,3-4,7-8H2,1-2H3. The van der Waals surface area contributed by atoms with Crippen LogP contribution in [0.15, 0.2) is 29.2 Å². The van der Waals surface area contributed by atoms with E-state index in [9.17, 15) is 8.42 Å². The lowest BCUT2D eigenvalue weighted by molar-refractivity contribution is 0.275. The molecule has 1 aliphatic carbocycles. The quantitative estimate of drug-likeness (QED) is 0.850. The minimum Gasteiger partial charge on any atom is -0.207 e. The molecule has 1 saturated carbocycles. The minimum atomic E-state index is -3.51. The maximum atomic E-state index is 12.8. The lowest BCUT2D eigenvalue weighted by Gasteiger charge is -2.31. The molecule has 0 aromatic heterocycles. The number of rotatable bonds is 4. The SMILES string of the molecule is CC(C)N(C1CCCC1)S(=O)(=O)c1ccccc1Cl. The third kappa shape index (κ3) is 2.96. The Balaban J connectivity index is 2.43. The van der Waals surface area contributed by atoms with Crippen LogP contribution < -0.4 is 0 Å². The van der Waals surface area contributed by atoms with Crippen molar-refractivity contribution >= 4 is 21.6 Å². The maximum absolute atomic E-state index is 12.8. The molecule has 5 heteroatoms. The summed E-state index contributed by atoms with van der Waals surface area (Å²) in [7, 11) is -3.51. The summed E-state index contributed by atoms with van der Waals surface area (Å²) in [6, 6.07) is 6.73. The van der Waals surface area contributed by atoms with Crippen LogP contribution in [0.5, 0.6) is 0 Å². The van der Waals surface area contributed by atoms with Gasteiger partial charge in [-0.15, -0.1) is 0 Å². The Morgan fingerprint density at radius 1 is 1.21 bits per heavy atom. The molecular formula is C14H20ClNO2S. The van der Waals surface area contributed by atoms with Crippen molar-refractivity contribution in [2.75, 3.05) is 0 Å². The van der Waals surface area contributed by atoms with Crippen LogP contribution in [-0.2, 0) is 10.0 Å². The average molecular weight is 302 g/mol. The normalized spacial score (nSPS) is 17.5. The van der Waals surface area contributed by atoms with Crippen molar-refractivity contribution in [3.05, 3.63) is 29.3 Å². The zero-order chi connectivity index (χ0) is 14.0. The van der Waals surface area contributed by atoms with Gasteiger partial charge in [-0.1, -0.05) is 36.6 Å². The lowest BCUT2D eigenvalue weighted by atomic mass is 10.2. The zero-order valence-corrected chi connectivity index (χ0v) is 12.9. The highest BCUT2D eigenvalue weighted by Crippen LogP contribution is 2.32. The third-order valence-corrected chi connectivity index (χ3v) is 6.21. The second kappa shape index (κ2) is 5.81. The van der Waals surface area contributed by atoms with E-state index in [1.165, 1.54) is 0 Å². The number of hydrogen-bond acceptors (Lipinski definition) is 2. The number of nitrogens with zero attached hydrogens (tertiary/aromatic N) is 1. The van der Waals surface area contributed by atoms with Crippen molar-refractivity contribution in [2.45, 2.75) is 56.5 Å². The van der Waals surface area contributed by atoms with Crippen molar-refractivity contribution in [1.82, 2.24) is 4.31 Å². The summed E-state index contributed by atoms with van der Waals surface area (Å²) in [5.74, 6) is 0. The van der Waals surface area contributed by atoms with Gasteiger partial charge >= 0.3 is 0 Å². The minimum absolute atomic E-state index is 0.0515. The Bertz CT molecular complexity index is 536. The molecule has 0 heterocycles. The zero-order valence-electron chi connectivity index (χ0n) is 11.3. The molecule has 0 unspecified atom stereocenters. The molecule has 1 aliphatic rings. The van der Waals surface area contributed by atoms with Gasteiger partial charge in [-0.05, 0) is 38.8 Å². The largest absolute Gasteiger partial charge is 0.245 e. The summed E-state index contributed by atoms with van der Waals surface area (Å²) < 4.78 is 27.3. The monoisotopic (exact) mass is 301 g/mol. The van der Waals surface area contributed by atoms with Crippen LogP contribution in [0.1, 0.15) is 39.5 Å². The van der Waals surface area contributed by atoms with Crippen molar-refractivity contribution in [1.29, 1.82) is 0 Å². The summed E-state index contributed by atoms with van der Waals surface area (Å²) in [6.07, 6.45) is 4.10. The third-order valence-electron chi connectivity index (χ3n) is 3.59. The van der Waals surface area contributed by atoms with E-state index in [1.54, 1.807) is 28.6 Å². The highest BCUT2D eigenvalue weighted by molar-refractivity contribution is 7.89. The molecular weight excluding hydrogens is 282 g/mol. The molecule has 19 heavy (non-hydrogen) atoms. The number of benzene rings is 1. The van der Waals surface area contributed by atoms with Crippen molar-refractivity contribution in [3.63, 3.8) is 0 Å². The molecule has 0 aliphatic heterocycles. The topological polar surface area (TPSA) is 37.4 Å². The van der Waals surface area contributed by atoms with Gasteiger partial charge in [-0.2, -0.15) is 4.31 Å². The molecule has 1 aromatic rings. The summed E-state index contributed by atoms with van der Waals surface area (Å²) in [5.41, 5.74) is 0. The van der Waals surface area contributed by atoms with Gasteiger partial charge < -0.3 is 0 Å². The van der Waals surface area contributed by atoms with Gasteiger partial charge in [0.05, 0.1) is 5.02 Å². The summed E-state index contributed by atoms with van der Waals surface area (Å²) in [5, 5.41) is 0.297. The van der Waals surface area contributed by atoms with Crippen LogP contribution >= 0.6 is 11.6 Å². The van der Waals surface area contributed by atoms with E-state index in [0.717, 1.165) is 25.7 Å². The van der Waals surface area contributed by atoms with Gasteiger partial charge in [-0.25, -0.2) is 8.42 Å². The van der Waals surface area contributed by atoms with Crippen LogP contribution in [0.25, 0.3) is 0 Å². The fourth-order valence-electron chi connectivity index (χ4n) is 2.82. The molecule has 0 radical (unpaired) electrons. The van der Waals surface area contributed by atoms with Gasteiger partial charge in [-0.3, -0.25) is 0 Å². The van der Waals surface area contributed by atoms with Gasteiger partial charge in [0.15, 0.2) is 0 Å². The predicted octanol–water partition coefficient (Wildman–Crippen LogP) is 3.68. The first-order chi connectivity index (χ1) is 8.94. The maximum Gasteiger partial charge on any atom is 0.245 e. The molecule has 0 N–H and O–H groups in total. The molecule has 106 valence electrons. The van der Waals surface area contributed by atoms with E-state index < -0.39 is 10.0 Å². The van der Waals surface area contributed by atoms with Crippen LogP contribution in [0, 0.1) is 0 Å². The first-order valence-electron chi connectivity index (χ1n) is 6.72. The van der Waals surface area contributed by atoms with E-state index in [0.29, 0.717) is 5.02 Å². The van der Waals surface area contributed by atoms with Gasteiger partial charge in [0, 0.05) is 12.1 Å². The van der Waals surface area contributed by atoms with E-state index in [4.69, 9.17) is 11.6 Å². The Kier molecular flexibility index (Phi) is 4.54. The fourth-order valence-corrected chi connectivity index (χ4v) is 5.20. The van der Waals surface area contributed by atoms with Crippen LogP contribution in [0.3, 0.4) is 0 Å². The number of hydrogen-bond donors (Lipinski definition) is 0. The van der Waals surface area contributed by atoms with E-state index in [2.05, 4.69) is 0 Å². The molecule has 0 spiro atoms. The number of halogens is 1. The Labute approximate surface area is 120 Å². The van der Waals surface area contributed by atoms with Crippen molar-refractivity contribution in [3.8, 4) is 0 Å². The molecule has 0 saturated heterocycles. The highest BCUT2D eigenvalue weighted by Gasteiger charge is 2.35. The predicted molar refractivity (Wildman–Crippen MR) is 77.9 cm³/mol. The first kappa shape index (κ1) is 14.8. The van der Waals surface area contributed by atoms with Crippen LogP contribution in [0.4, 0.5) is 0 Å². The summed E-state index contributed by atoms with van der Waals surface area (Å²) >= 11 is 6.06. The molecule has 1 fully saturated rings. The van der Waals surface area contributed by atoms with Gasteiger partial charge in [0.2, 0.25) is 10.0 Å². The Hall–Kier alpha value is -0.580. The second-order valence-electron chi connectivity index (χ2n) is 5.30. The Morgan fingerprint density at radius 3 is 2.32 bits per heavy atom. The summed E-state index contributed by atoms with van der Waals surface area (Å²) in [4.78, 5) is 0.220. The Morgan fingerprint density at radius 2 is 1.79 bits per heavy atom. The average Bonchev–Trinajstić information content (AvgIpc) is 2.82. The second-order valence-corrected chi connectivity index (χ2v) is 7.52. The van der Waals surface area contributed by atoms with Gasteiger partial charge in [0.1, 0.15) is 4.90 Å². The van der Waals surface area contributed by atoms with E-state index in [-0.39, 0.29) is 17.0 Å².